The second kappa shape index (κ2) is 7.87. The van der Waals surface area contributed by atoms with Crippen LogP contribution in [0.2, 0.25) is 0 Å². The average molecular weight is 281 g/mol. The summed E-state index contributed by atoms with van der Waals surface area (Å²) >= 11 is 0. The lowest BCUT2D eigenvalue weighted by Gasteiger charge is -2.38. The molecule has 1 N–H and O–H groups in total. The van der Waals surface area contributed by atoms with Crippen LogP contribution in [-0.2, 0) is 0 Å². The average Bonchev–Trinajstić information content (AvgIpc) is 2.53. The van der Waals surface area contributed by atoms with Crippen LogP contribution in [0.4, 0.5) is 4.79 Å². The molecule has 2 rings (SSSR count). The molecule has 116 valence electrons. The molecule has 1 aliphatic carbocycles. The molecule has 1 saturated carbocycles. The Labute approximate surface area is 123 Å². The van der Waals surface area contributed by atoms with Crippen molar-refractivity contribution in [1.82, 2.24) is 15.1 Å². The van der Waals surface area contributed by atoms with Crippen LogP contribution in [0.25, 0.3) is 0 Å². The number of rotatable bonds is 4. The summed E-state index contributed by atoms with van der Waals surface area (Å²) in [7, 11) is 2.00. The molecule has 0 aromatic heterocycles. The highest BCUT2D eigenvalue weighted by molar-refractivity contribution is 5.74. The number of urea groups is 1. The van der Waals surface area contributed by atoms with E-state index in [0.29, 0.717) is 12.1 Å². The summed E-state index contributed by atoms with van der Waals surface area (Å²) in [5, 5.41) is 3.61. The van der Waals surface area contributed by atoms with Crippen LogP contribution in [0.3, 0.4) is 0 Å². The number of carbonyl (C=O) groups is 1. The molecule has 20 heavy (non-hydrogen) atoms. The summed E-state index contributed by atoms with van der Waals surface area (Å²) in [6.07, 6.45) is 9.55. The van der Waals surface area contributed by atoms with E-state index in [2.05, 4.69) is 12.2 Å². The number of carbonyl (C=O) groups excluding carboxylic acids is 1. The van der Waals surface area contributed by atoms with Crippen molar-refractivity contribution in [2.45, 2.75) is 70.4 Å². The van der Waals surface area contributed by atoms with E-state index >= 15 is 0 Å². The number of likely N-dealkylation sites (tertiary alicyclic amines) is 1. The van der Waals surface area contributed by atoms with Crippen molar-refractivity contribution in [1.29, 1.82) is 0 Å². The molecule has 0 bridgehead atoms. The Morgan fingerprint density at radius 1 is 1.15 bits per heavy atom. The maximum atomic E-state index is 12.5. The van der Waals surface area contributed by atoms with Crippen LogP contribution in [0.5, 0.6) is 0 Å². The Hall–Kier alpha value is -0.770. The first-order chi connectivity index (χ1) is 9.72. The summed E-state index contributed by atoms with van der Waals surface area (Å²) in [5.74, 6) is 0. The zero-order valence-electron chi connectivity index (χ0n) is 13.2. The van der Waals surface area contributed by atoms with Gasteiger partial charge in [0.1, 0.15) is 0 Å². The van der Waals surface area contributed by atoms with Crippen LogP contribution < -0.4 is 5.32 Å². The highest BCUT2D eigenvalue weighted by Gasteiger charge is 2.29. The van der Waals surface area contributed by atoms with Crippen LogP contribution in [-0.4, -0.2) is 54.6 Å². The van der Waals surface area contributed by atoms with Crippen molar-refractivity contribution >= 4 is 6.03 Å². The minimum Gasteiger partial charge on any atom is -0.325 e. The number of nitrogens with zero attached hydrogens (tertiary/aromatic N) is 2. The fraction of sp³-hybridized carbons (Fsp3) is 0.938. The third-order valence-corrected chi connectivity index (χ3v) is 4.86. The summed E-state index contributed by atoms with van der Waals surface area (Å²) < 4.78 is 0. The van der Waals surface area contributed by atoms with Crippen LogP contribution in [0.15, 0.2) is 0 Å². The first kappa shape index (κ1) is 15.6. The van der Waals surface area contributed by atoms with Crippen molar-refractivity contribution < 1.29 is 4.79 Å². The first-order valence-corrected chi connectivity index (χ1v) is 8.47. The molecular formula is C16H31N3O. The van der Waals surface area contributed by atoms with Gasteiger partial charge in [-0.25, -0.2) is 4.79 Å². The van der Waals surface area contributed by atoms with Crippen molar-refractivity contribution in [3.05, 3.63) is 0 Å². The Morgan fingerprint density at radius 3 is 2.40 bits per heavy atom. The second-order valence-electron chi connectivity index (χ2n) is 6.40. The molecule has 2 aliphatic rings. The number of amides is 2. The monoisotopic (exact) mass is 281 g/mol. The predicted octanol–water partition coefficient (Wildman–Crippen LogP) is 2.83. The lowest BCUT2D eigenvalue weighted by Crippen LogP contribution is -2.49. The Bertz CT molecular complexity index is 294. The third-order valence-electron chi connectivity index (χ3n) is 4.86. The molecule has 0 unspecified atom stereocenters. The van der Waals surface area contributed by atoms with E-state index in [4.69, 9.17) is 0 Å². The smallest absolute Gasteiger partial charge is 0.319 e. The van der Waals surface area contributed by atoms with Gasteiger partial charge in [-0.15, -0.1) is 0 Å². The standard InChI is InChI=1S/C16H31N3O/c1-3-11-17-14-7-9-15(10-8-14)18(2)16(20)19-12-5-4-6-13-19/h14-15,17H,3-13H2,1-2H3. The minimum atomic E-state index is 0.259. The van der Waals surface area contributed by atoms with Gasteiger partial charge in [-0.2, -0.15) is 0 Å². The Kier molecular flexibility index (Phi) is 6.14. The van der Waals surface area contributed by atoms with Crippen LogP contribution in [0.1, 0.15) is 58.3 Å². The van der Waals surface area contributed by atoms with Crippen molar-refractivity contribution in [3.8, 4) is 0 Å². The molecule has 2 amide bonds. The van der Waals surface area contributed by atoms with Gasteiger partial charge in [0.05, 0.1) is 0 Å². The first-order valence-electron chi connectivity index (χ1n) is 8.47. The topological polar surface area (TPSA) is 35.6 Å². The summed E-state index contributed by atoms with van der Waals surface area (Å²) in [6, 6.07) is 1.38. The molecule has 0 radical (unpaired) electrons. The Morgan fingerprint density at radius 2 is 1.80 bits per heavy atom. The van der Waals surface area contributed by atoms with Gasteiger partial charge in [0, 0.05) is 32.2 Å². The molecule has 0 aromatic rings. The molecule has 4 heteroatoms. The predicted molar refractivity (Wildman–Crippen MR) is 82.9 cm³/mol. The normalized spacial score (nSPS) is 27.4. The van der Waals surface area contributed by atoms with E-state index in [-0.39, 0.29) is 6.03 Å². The molecule has 0 aromatic carbocycles. The lowest BCUT2D eigenvalue weighted by molar-refractivity contribution is 0.122. The molecule has 0 spiro atoms. The molecule has 1 aliphatic heterocycles. The molecular weight excluding hydrogens is 250 g/mol. The van der Waals surface area contributed by atoms with Crippen molar-refractivity contribution in [2.24, 2.45) is 0 Å². The minimum absolute atomic E-state index is 0.259. The van der Waals surface area contributed by atoms with Crippen LogP contribution in [0, 0.1) is 0 Å². The molecule has 2 fully saturated rings. The summed E-state index contributed by atoms with van der Waals surface area (Å²) in [4.78, 5) is 16.5. The number of hydrogen-bond donors (Lipinski definition) is 1. The molecule has 4 nitrogen and oxygen atoms in total. The lowest BCUT2D eigenvalue weighted by atomic mass is 9.90. The van der Waals surface area contributed by atoms with Gasteiger partial charge in [0.25, 0.3) is 0 Å². The number of nitrogens with one attached hydrogen (secondary N) is 1. The van der Waals surface area contributed by atoms with E-state index < -0.39 is 0 Å². The van der Waals surface area contributed by atoms with Gasteiger partial charge in [0.15, 0.2) is 0 Å². The summed E-state index contributed by atoms with van der Waals surface area (Å²) in [6.45, 7) is 5.24. The highest BCUT2D eigenvalue weighted by atomic mass is 16.2. The van der Waals surface area contributed by atoms with Crippen molar-refractivity contribution in [2.75, 3.05) is 26.7 Å². The van der Waals surface area contributed by atoms with Gasteiger partial charge in [-0.3, -0.25) is 0 Å². The van der Waals surface area contributed by atoms with E-state index in [1.807, 2.05) is 16.8 Å². The van der Waals surface area contributed by atoms with E-state index in [1.54, 1.807) is 0 Å². The zero-order chi connectivity index (χ0) is 14.4. The van der Waals surface area contributed by atoms with Gasteiger partial charge < -0.3 is 15.1 Å². The van der Waals surface area contributed by atoms with Gasteiger partial charge in [-0.1, -0.05) is 6.92 Å². The third kappa shape index (κ3) is 4.11. The fourth-order valence-electron chi connectivity index (χ4n) is 3.48. The van der Waals surface area contributed by atoms with Gasteiger partial charge >= 0.3 is 6.03 Å². The molecule has 1 saturated heterocycles. The summed E-state index contributed by atoms with van der Waals surface area (Å²) in [5.41, 5.74) is 0. The SMILES string of the molecule is CCCNC1CCC(N(C)C(=O)N2CCCCC2)CC1. The second-order valence-corrected chi connectivity index (χ2v) is 6.40. The number of hydrogen-bond acceptors (Lipinski definition) is 2. The van der Waals surface area contributed by atoms with Crippen molar-refractivity contribution in [3.63, 3.8) is 0 Å². The van der Waals surface area contributed by atoms with Crippen LogP contribution >= 0.6 is 0 Å². The zero-order valence-corrected chi connectivity index (χ0v) is 13.2. The largest absolute Gasteiger partial charge is 0.325 e. The quantitative estimate of drug-likeness (QED) is 0.860. The maximum Gasteiger partial charge on any atom is 0.319 e. The highest BCUT2D eigenvalue weighted by Crippen LogP contribution is 2.24. The van der Waals surface area contributed by atoms with E-state index in [0.717, 1.165) is 32.5 Å². The number of piperidine rings is 1. The van der Waals surface area contributed by atoms with Gasteiger partial charge in [0.2, 0.25) is 0 Å². The van der Waals surface area contributed by atoms with Gasteiger partial charge in [-0.05, 0) is 57.9 Å². The van der Waals surface area contributed by atoms with E-state index in [1.165, 1.54) is 38.5 Å². The molecule has 0 atom stereocenters. The maximum absolute atomic E-state index is 12.5. The molecule has 1 heterocycles. The Balaban J connectivity index is 1.75. The fourth-order valence-corrected chi connectivity index (χ4v) is 3.48. The van der Waals surface area contributed by atoms with E-state index in [9.17, 15) is 4.79 Å².